The predicted octanol–water partition coefficient (Wildman–Crippen LogP) is 1.26. The number of nitrogens with zero attached hydrogens (tertiary/aromatic N) is 2. The van der Waals surface area contributed by atoms with Crippen LogP contribution in [-0.2, 0) is 0 Å². The summed E-state index contributed by atoms with van der Waals surface area (Å²) in [6.07, 6.45) is 5.10. The van der Waals surface area contributed by atoms with E-state index in [1.54, 1.807) is 31.3 Å². The molecule has 0 spiro atoms. The first-order valence-electron chi connectivity index (χ1n) is 4.38. The molecule has 0 heterocycles. The Morgan fingerprint density at radius 3 is 2.53 bits per heavy atom. The highest BCUT2D eigenvalue weighted by molar-refractivity contribution is 5.94. The van der Waals surface area contributed by atoms with E-state index in [1.807, 2.05) is 6.07 Å². The van der Waals surface area contributed by atoms with Gasteiger partial charge in [-0.3, -0.25) is 4.79 Å². The molecule has 0 saturated heterocycles. The first-order valence-corrected chi connectivity index (χ1v) is 4.38. The highest BCUT2D eigenvalue weighted by Crippen LogP contribution is 2.05. The second-order valence-electron chi connectivity index (χ2n) is 3.05. The highest BCUT2D eigenvalue weighted by Gasteiger charge is 2.09. The summed E-state index contributed by atoms with van der Waals surface area (Å²) in [5.41, 5.74) is 1.07. The minimum absolute atomic E-state index is 0.141. The van der Waals surface area contributed by atoms with Crippen LogP contribution in [-0.4, -0.2) is 24.4 Å². The van der Waals surface area contributed by atoms with Crippen LogP contribution in [0.5, 0.6) is 0 Å². The molecule has 1 aromatic carbocycles. The minimum Gasteiger partial charge on any atom is -0.331 e. The molecule has 0 aliphatic heterocycles. The first kappa shape index (κ1) is 10.8. The molecule has 1 amide bonds. The van der Waals surface area contributed by atoms with Gasteiger partial charge in [0, 0.05) is 12.6 Å². The van der Waals surface area contributed by atoms with E-state index in [9.17, 15) is 4.79 Å². The number of carbonyl (C=O) groups excluding carboxylic acids is 1. The second kappa shape index (κ2) is 4.83. The molecule has 0 bridgehead atoms. The molecule has 0 unspecified atom stereocenters. The van der Waals surface area contributed by atoms with Crippen LogP contribution in [0.3, 0.4) is 0 Å². The molecule has 1 aromatic rings. The van der Waals surface area contributed by atoms with Crippen molar-refractivity contribution in [3.05, 3.63) is 35.4 Å². The van der Waals surface area contributed by atoms with Gasteiger partial charge in [0.25, 0.3) is 5.91 Å². The van der Waals surface area contributed by atoms with E-state index in [4.69, 9.17) is 11.7 Å². The Kier molecular flexibility index (Phi) is 3.49. The van der Waals surface area contributed by atoms with Crippen molar-refractivity contribution in [2.75, 3.05) is 13.6 Å². The van der Waals surface area contributed by atoms with Crippen molar-refractivity contribution in [1.82, 2.24) is 4.90 Å². The molecular formula is C12H10N2O. The summed E-state index contributed by atoms with van der Waals surface area (Å²) in [5.74, 6) is 2.25. The van der Waals surface area contributed by atoms with Gasteiger partial charge in [0.15, 0.2) is 0 Å². The van der Waals surface area contributed by atoms with Gasteiger partial charge in [-0.2, -0.15) is 5.26 Å². The summed E-state index contributed by atoms with van der Waals surface area (Å²) in [7, 11) is 1.64. The summed E-state index contributed by atoms with van der Waals surface area (Å²) in [4.78, 5) is 13.1. The maximum Gasteiger partial charge on any atom is 0.254 e. The van der Waals surface area contributed by atoms with Gasteiger partial charge in [-0.25, -0.2) is 0 Å². The van der Waals surface area contributed by atoms with E-state index >= 15 is 0 Å². The van der Waals surface area contributed by atoms with Crippen LogP contribution in [0.2, 0.25) is 0 Å². The van der Waals surface area contributed by atoms with E-state index in [0.29, 0.717) is 11.1 Å². The van der Waals surface area contributed by atoms with Gasteiger partial charge >= 0.3 is 0 Å². The molecule has 0 aromatic heterocycles. The van der Waals surface area contributed by atoms with Crippen LogP contribution in [0.4, 0.5) is 0 Å². The van der Waals surface area contributed by atoms with Crippen LogP contribution in [0.1, 0.15) is 15.9 Å². The van der Waals surface area contributed by atoms with E-state index in [0.717, 1.165) is 0 Å². The van der Waals surface area contributed by atoms with Gasteiger partial charge in [-0.05, 0) is 24.3 Å². The Hall–Kier alpha value is -2.26. The highest BCUT2D eigenvalue weighted by atomic mass is 16.2. The maximum absolute atomic E-state index is 11.7. The molecule has 0 aliphatic carbocycles. The van der Waals surface area contributed by atoms with Crippen molar-refractivity contribution in [1.29, 1.82) is 5.26 Å². The Labute approximate surface area is 88.9 Å². The lowest BCUT2D eigenvalue weighted by atomic mass is 10.1. The molecule has 15 heavy (non-hydrogen) atoms. The third-order valence-electron chi connectivity index (χ3n) is 1.94. The number of hydrogen-bond donors (Lipinski definition) is 0. The average Bonchev–Trinajstić information content (AvgIpc) is 2.28. The van der Waals surface area contributed by atoms with Crippen molar-refractivity contribution in [3.63, 3.8) is 0 Å². The van der Waals surface area contributed by atoms with Gasteiger partial charge < -0.3 is 4.90 Å². The zero-order valence-electron chi connectivity index (χ0n) is 8.40. The van der Waals surface area contributed by atoms with E-state index in [2.05, 4.69) is 5.92 Å². The summed E-state index contributed by atoms with van der Waals surface area (Å²) in [5, 5.41) is 8.59. The number of benzene rings is 1. The normalized spacial score (nSPS) is 8.73. The molecule has 0 fully saturated rings. The van der Waals surface area contributed by atoms with Crippen molar-refractivity contribution >= 4 is 5.91 Å². The molecular weight excluding hydrogens is 188 g/mol. The topological polar surface area (TPSA) is 44.1 Å². The van der Waals surface area contributed by atoms with Crippen LogP contribution in [0.15, 0.2) is 24.3 Å². The molecule has 1 rings (SSSR count). The van der Waals surface area contributed by atoms with E-state index in [1.165, 1.54) is 4.90 Å². The lowest BCUT2D eigenvalue weighted by Gasteiger charge is -2.13. The third-order valence-corrected chi connectivity index (χ3v) is 1.94. The van der Waals surface area contributed by atoms with Crippen molar-refractivity contribution < 1.29 is 4.79 Å². The zero-order valence-corrected chi connectivity index (χ0v) is 8.40. The minimum atomic E-state index is -0.141. The SMILES string of the molecule is C#CCN(C)C(=O)c1ccc(C#N)cc1. The quantitative estimate of drug-likeness (QED) is 0.671. The second-order valence-corrected chi connectivity index (χ2v) is 3.05. The van der Waals surface area contributed by atoms with Crippen molar-refractivity contribution in [2.24, 2.45) is 0 Å². The zero-order chi connectivity index (χ0) is 11.3. The largest absolute Gasteiger partial charge is 0.331 e. The predicted molar refractivity (Wildman–Crippen MR) is 57.0 cm³/mol. The van der Waals surface area contributed by atoms with Gasteiger partial charge in [0.1, 0.15) is 0 Å². The Balaban J connectivity index is 2.85. The average molecular weight is 198 g/mol. The van der Waals surface area contributed by atoms with Gasteiger partial charge in [-0.15, -0.1) is 6.42 Å². The molecule has 0 atom stereocenters. The van der Waals surface area contributed by atoms with E-state index < -0.39 is 0 Å². The lowest BCUT2D eigenvalue weighted by molar-refractivity contribution is 0.0812. The van der Waals surface area contributed by atoms with Gasteiger partial charge in [0.05, 0.1) is 18.2 Å². The molecule has 3 nitrogen and oxygen atoms in total. The Morgan fingerprint density at radius 1 is 1.47 bits per heavy atom. The summed E-state index contributed by atoms with van der Waals surface area (Å²) in [6, 6.07) is 8.44. The molecule has 0 aliphatic rings. The smallest absolute Gasteiger partial charge is 0.254 e. The van der Waals surface area contributed by atoms with Crippen LogP contribution in [0.25, 0.3) is 0 Å². The fraction of sp³-hybridized carbons (Fsp3) is 0.167. The molecule has 3 heteroatoms. The van der Waals surface area contributed by atoms with Gasteiger partial charge in [0.2, 0.25) is 0 Å². The van der Waals surface area contributed by atoms with Crippen LogP contribution >= 0.6 is 0 Å². The van der Waals surface area contributed by atoms with Gasteiger partial charge in [-0.1, -0.05) is 5.92 Å². The fourth-order valence-corrected chi connectivity index (χ4v) is 1.12. The van der Waals surface area contributed by atoms with Crippen LogP contribution < -0.4 is 0 Å². The maximum atomic E-state index is 11.7. The Morgan fingerprint density at radius 2 is 2.07 bits per heavy atom. The number of nitriles is 1. The molecule has 0 saturated carbocycles. The fourth-order valence-electron chi connectivity index (χ4n) is 1.12. The summed E-state index contributed by atoms with van der Waals surface area (Å²) < 4.78 is 0. The monoisotopic (exact) mass is 198 g/mol. The third kappa shape index (κ3) is 2.59. The van der Waals surface area contributed by atoms with Crippen molar-refractivity contribution in [3.8, 4) is 18.4 Å². The Bertz CT molecular complexity index is 434. The van der Waals surface area contributed by atoms with Crippen LogP contribution in [0, 0.1) is 23.7 Å². The number of carbonyl (C=O) groups is 1. The number of hydrogen-bond acceptors (Lipinski definition) is 2. The van der Waals surface area contributed by atoms with Crippen molar-refractivity contribution in [2.45, 2.75) is 0 Å². The van der Waals surface area contributed by atoms with E-state index in [-0.39, 0.29) is 12.5 Å². The molecule has 74 valence electrons. The number of amides is 1. The summed E-state index contributed by atoms with van der Waals surface area (Å²) >= 11 is 0. The summed E-state index contributed by atoms with van der Waals surface area (Å²) in [6.45, 7) is 0.277. The first-order chi connectivity index (χ1) is 7.19. The number of rotatable bonds is 2. The molecule has 0 N–H and O–H groups in total. The standard InChI is InChI=1S/C12H10N2O/c1-3-8-14(2)12(15)11-6-4-10(9-13)5-7-11/h1,4-7H,8H2,2H3. The number of terminal acetylenes is 1. The molecule has 0 radical (unpaired) electrons. The lowest BCUT2D eigenvalue weighted by Crippen LogP contribution is -2.26.